The number of benzene rings is 2. The Balaban J connectivity index is 1.45. The number of carbonyl (C=O) groups excluding carboxylic acids is 1. The largest absolute Gasteiger partial charge is 0.336 e. The average Bonchev–Trinajstić information content (AvgIpc) is 2.74. The van der Waals surface area contributed by atoms with Gasteiger partial charge in [-0.3, -0.25) is 4.79 Å². The molecule has 2 aliphatic rings. The molecule has 6 heteroatoms. The minimum atomic E-state index is -3.53. The molecule has 0 unspecified atom stereocenters. The van der Waals surface area contributed by atoms with Gasteiger partial charge in [-0.1, -0.05) is 12.1 Å². The first-order valence-corrected chi connectivity index (χ1v) is 11.8. The average molecular weight is 413 g/mol. The smallest absolute Gasteiger partial charge is 0.253 e. The zero-order valence-electron chi connectivity index (χ0n) is 17.1. The molecule has 2 aromatic carbocycles. The predicted octanol–water partition coefficient (Wildman–Crippen LogP) is 3.33. The molecular weight excluding hydrogens is 384 g/mol. The van der Waals surface area contributed by atoms with Gasteiger partial charge in [0.25, 0.3) is 5.91 Å². The van der Waals surface area contributed by atoms with Gasteiger partial charge < -0.3 is 4.90 Å². The molecule has 0 bridgehead atoms. The van der Waals surface area contributed by atoms with Crippen LogP contribution in [0.5, 0.6) is 0 Å². The van der Waals surface area contributed by atoms with Gasteiger partial charge in [0.15, 0.2) is 0 Å². The number of hydrogen-bond donors (Lipinski definition) is 0. The summed E-state index contributed by atoms with van der Waals surface area (Å²) in [6.45, 7) is 5.37. The van der Waals surface area contributed by atoms with E-state index in [0.717, 1.165) is 29.5 Å². The Morgan fingerprint density at radius 2 is 1.52 bits per heavy atom. The molecule has 0 aromatic heterocycles. The molecule has 1 amide bonds. The molecule has 29 heavy (non-hydrogen) atoms. The Kier molecular flexibility index (Phi) is 5.49. The van der Waals surface area contributed by atoms with Crippen molar-refractivity contribution >= 4 is 15.9 Å². The van der Waals surface area contributed by atoms with Gasteiger partial charge in [0.2, 0.25) is 10.0 Å². The molecule has 1 saturated heterocycles. The fraction of sp³-hybridized carbons (Fsp3) is 0.435. The Hall–Kier alpha value is -2.18. The monoisotopic (exact) mass is 412 g/mol. The number of amides is 1. The van der Waals surface area contributed by atoms with Crippen molar-refractivity contribution in [3.8, 4) is 0 Å². The van der Waals surface area contributed by atoms with Crippen LogP contribution in [0.1, 0.15) is 45.5 Å². The van der Waals surface area contributed by atoms with Crippen LogP contribution in [0, 0.1) is 13.8 Å². The summed E-state index contributed by atoms with van der Waals surface area (Å²) in [5, 5.41) is 0. The normalized spacial score (nSPS) is 17.8. The third-order valence-electron chi connectivity index (χ3n) is 6.24. The first-order valence-electron chi connectivity index (χ1n) is 10.3. The highest BCUT2D eigenvalue weighted by Gasteiger charge is 2.30. The van der Waals surface area contributed by atoms with Crippen molar-refractivity contribution in [1.29, 1.82) is 0 Å². The van der Waals surface area contributed by atoms with Crippen LogP contribution in [0.3, 0.4) is 0 Å². The van der Waals surface area contributed by atoms with Crippen molar-refractivity contribution in [2.24, 2.45) is 0 Å². The molecule has 2 aromatic rings. The van der Waals surface area contributed by atoms with Crippen molar-refractivity contribution in [3.63, 3.8) is 0 Å². The van der Waals surface area contributed by atoms with E-state index in [1.54, 1.807) is 17.0 Å². The van der Waals surface area contributed by atoms with E-state index in [0.29, 0.717) is 31.1 Å². The zero-order valence-corrected chi connectivity index (χ0v) is 18.0. The first-order chi connectivity index (χ1) is 13.9. The van der Waals surface area contributed by atoms with Crippen LogP contribution in [0.25, 0.3) is 0 Å². The van der Waals surface area contributed by atoms with Gasteiger partial charge in [0, 0.05) is 31.7 Å². The van der Waals surface area contributed by atoms with Crippen LogP contribution in [0.15, 0.2) is 41.3 Å². The second-order valence-electron chi connectivity index (χ2n) is 8.13. The summed E-state index contributed by atoms with van der Waals surface area (Å²) in [7, 11) is -3.53. The van der Waals surface area contributed by atoms with Crippen molar-refractivity contribution in [2.45, 2.75) is 44.4 Å². The van der Waals surface area contributed by atoms with Crippen LogP contribution in [0.2, 0.25) is 0 Å². The van der Waals surface area contributed by atoms with Crippen LogP contribution in [-0.4, -0.2) is 49.7 Å². The third-order valence-corrected chi connectivity index (χ3v) is 8.13. The molecule has 0 N–H and O–H groups in total. The van der Waals surface area contributed by atoms with E-state index in [2.05, 4.69) is 6.07 Å². The highest BCUT2D eigenvalue weighted by molar-refractivity contribution is 7.89. The molecule has 0 saturated carbocycles. The summed E-state index contributed by atoms with van der Waals surface area (Å²) in [5.41, 5.74) is 5.41. The number of piperazine rings is 1. The number of nitrogens with zero attached hydrogens (tertiary/aromatic N) is 2. The van der Waals surface area contributed by atoms with Gasteiger partial charge in [-0.2, -0.15) is 4.31 Å². The maximum Gasteiger partial charge on any atom is 0.253 e. The minimum Gasteiger partial charge on any atom is -0.336 e. The quantitative estimate of drug-likeness (QED) is 0.777. The summed E-state index contributed by atoms with van der Waals surface area (Å²) < 4.78 is 27.5. The molecule has 1 fully saturated rings. The molecule has 1 aliphatic carbocycles. The SMILES string of the molecule is Cc1ccc(S(=O)(=O)N2CCN(C(=O)c3ccc4c(c3)CCCC4)CC2)cc1C. The van der Waals surface area contributed by atoms with Crippen LogP contribution < -0.4 is 0 Å². The molecule has 4 rings (SSSR count). The van der Waals surface area contributed by atoms with E-state index >= 15 is 0 Å². The lowest BCUT2D eigenvalue weighted by Crippen LogP contribution is -2.50. The Bertz CT molecular complexity index is 1040. The maximum absolute atomic E-state index is 13.0. The lowest BCUT2D eigenvalue weighted by atomic mass is 9.90. The second-order valence-corrected chi connectivity index (χ2v) is 10.1. The Morgan fingerprint density at radius 1 is 0.828 bits per heavy atom. The topological polar surface area (TPSA) is 57.7 Å². The number of fused-ring (bicyclic) bond motifs is 1. The van der Waals surface area contributed by atoms with Crippen LogP contribution >= 0.6 is 0 Å². The molecule has 0 spiro atoms. The summed E-state index contributed by atoms with van der Waals surface area (Å²) in [6.07, 6.45) is 4.54. The van der Waals surface area contributed by atoms with Gasteiger partial charge in [-0.15, -0.1) is 0 Å². The molecule has 0 atom stereocenters. The molecule has 0 radical (unpaired) electrons. The molecule has 1 heterocycles. The van der Waals surface area contributed by atoms with E-state index in [4.69, 9.17) is 0 Å². The summed E-state index contributed by atoms with van der Waals surface area (Å²) in [6, 6.07) is 11.3. The number of hydrogen-bond acceptors (Lipinski definition) is 3. The highest BCUT2D eigenvalue weighted by atomic mass is 32.2. The first kappa shape index (κ1) is 20.1. The Morgan fingerprint density at radius 3 is 2.21 bits per heavy atom. The van der Waals surface area contributed by atoms with Gasteiger partial charge in [0.05, 0.1) is 4.90 Å². The van der Waals surface area contributed by atoms with E-state index in [9.17, 15) is 13.2 Å². The second kappa shape index (κ2) is 7.92. The van der Waals surface area contributed by atoms with E-state index in [1.165, 1.54) is 28.3 Å². The number of carbonyl (C=O) groups is 1. The standard InChI is InChI=1S/C23H28N2O3S/c1-17-7-10-22(15-18(17)2)29(27,28)25-13-11-24(12-14-25)23(26)21-9-8-19-5-3-4-6-20(19)16-21/h7-10,15-16H,3-6,11-14H2,1-2H3. The number of aryl methyl sites for hydroxylation is 4. The van der Waals surface area contributed by atoms with E-state index < -0.39 is 10.0 Å². The van der Waals surface area contributed by atoms with E-state index in [1.807, 2.05) is 32.0 Å². The zero-order chi connectivity index (χ0) is 20.6. The predicted molar refractivity (Wildman–Crippen MR) is 114 cm³/mol. The fourth-order valence-electron chi connectivity index (χ4n) is 4.20. The molecule has 5 nitrogen and oxygen atoms in total. The van der Waals surface area contributed by atoms with Crippen molar-refractivity contribution in [3.05, 3.63) is 64.2 Å². The molecule has 1 aliphatic heterocycles. The molecule has 154 valence electrons. The minimum absolute atomic E-state index is 0.00148. The third kappa shape index (κ3) is 3.96. The number of rotatable bonds is 3. The lowest BCUT2D eigenvalue weighted by Gasteiger charge is -2.34. The van der Waals surface area contributed by atoms with Crippen molar-refractivity contribution in [2.75, 3.05) is 26.2 Å². The van der Waals surface area contributed by atoms with Crippen LogP contribution in [0.4, 0.5) is 0 Å². The summed E-state index contributed by atoms with van der Waals surface area (Å²) in [5.74, 6) is 0.00148. The maximum atomic E-state index is 13.0. The van der Waals surface area contributed by atoms with Gasteiger partial charge in [-0.25, -0.2) is 8.42 Å². The molecular formula is C23H28N2O3S. The van der Waals surface area contributed by atoms with Crippen LogP contribution in [-0.2, 0) is 22.9 Å². The number of sulfonamides is 1. The van der Waals surface area contributed by atoms with Crippen molar-refractivity contribution in [1.82, 2.24) is 9.21 Å². The van der Waals surface area contributed by atoms with Gasteiger partial charge >= 0.3 is 0 Å². The van der Waals surface area contributed by atoms with Gasteiger partial charge in [-0.05, 0) is 86.1 Å². The van der Waals surface area contributed by atoms with Gasteiger partial charge in [0.1, 0.15) is 0 Å². The van der Waals surface area contributed by atoms with E-state index in [-0.39, 0.29) is 5.91 Å². The summed E-state index contributed by atoms with van der Waals surface area (Å²) >= 11 is 0. The summed E-state index contributed by atoms with van der Waals surface area (Å²) in [4.78, 5) is 15.1. The fourth-order valence-corrected chi connectivity index (χ4v) is 5.71. The lowest BCUT2D eigenvalue weighted by molar-refractivity contribution is 0.0697. The van der Waals surface area contributed by atoms with Crippen molar-refractivity contribution < 1.29 is 13.2 Å². The highest BCUT2D eigenvalue weighted by Crippen LogP contribution is 2.24. The Labute approximate surface area is 173 Å².